The maximum atomic E-state index is 13.7. The lowest BCUT2D eigenvalue weighted by Gasteiger charge is -2.16. The molecular weight excluding hydrogens is 284 g/mol. The molecule has 0 aliphatic carbocycles. The summed E-state index contributed by atoms with van der Waals surface area (Å²) in [6, 6.07) is 5.31. The highest BCUT2D eigenvalue weighted by Gasteiger charge is 2.16. The van der Waals surface area contributed by atoms with Crippen LogP contribution >= 0.6 is 11.3 Å². The Bertz CT molecular complexity index is 591. The number of anilines is 1. The molecule has 0 saturated heterocycles. The van der Waals surface area contributed by atoms with Crippen LogP contribution in [-0.4, -0.2) is 17.1 Å². The lowest BCUT2D eigenvalue weighted by atomic mass is 10.1. The largest absolute Gasteiger partial charge is 0.478 e. The highest BCUT2D eigenvalue weighted by atomic mass is 32.1. The molecule has 1 heterocycles. The number of rotatable bonds is 5. The van der Waals surface area contributed by atoms with Gasteiger partial charge in [0.2, 0.25) is 0 Å². The molecule has 0 bridgehead atoms. The fraction of sp³-hybridized carbons (Fsp3) is 0.214. The zero-order valence-electron chi connectivity index (χ0n) is 10.7. The summed E-state index contributed by atoms with van der Waals surface area (Å²) < 4.78 is 27.5. The Hall–Kier alpha value is -1.95. The van der Waals surface area contributed by atoms with Crippen molar-refractivity contribution in [2.24, 2.45) is 0 Å². The van der Waals surface area contributed by atoms with Crippen LogP contribution in [0.2, 0.25) is 0 Å². The molecule has 3 nitrogen and oxygen atoms in total. The smallest absolute Gasteiger partial charge is 0.335 e. The Labute approximate surface area is 118 Å². The van der Waals surface area contributed by atoms with Crippen LogP contribution in [0.5, 0.6) is 0 Å². The summed E-state index contributed by atoms with van der Waals surface area (Å²) in [4.78, 5) is 11.8. The van der Waals surface area contributed by atoms with Crippen LogP contribution in [0.25, 0.3) is 0 Å². The van der Waals surface area contributed by atoms with Crippen LogP contribution in [0, 0.1) is 11.6 Å². The van der Waals surface area contributed by atoms with E-state index in [0.29, 0.717) is 6.42 Å². The minimum atomic E-state index is -1.36. The number of thiophene rings is 1. The zero-order chi connectivity index (χ0) is 14.7. The minimum absolute atomic E-state index is 0.173. The van der Waals surface area contributed by atoms with Crippen molar-refractivity contribution in [3.8, 4) is 0 Å². The molecule has 0 aliphatic heterocycles. The number of hydrogen-bond donors (Lipinski definition) is 2. The second kappa shape index (κ2) is 6.00. The van der Waals surface area contributed by atoms with Gasteiger partial charge in [-0.3, -0.25) is 0 Å². The first-order valence-corrected chi connectivity index (χ1v) is 6.86. The maximum Gasteiger partial charge on any atom is 0.335 e. The number of hydrogen-bond acceptors (Lipinski definition) is 3. The van der Waals surface area contributed by atoms with Gasteiger partial charge in [0, 0.05) is 17.3 Å². The summed E-state index contributed by atoms with van der Waals surface area (Å²) in [6.07, 6.45) is 0.636. The lowest BCUT2D eigenvalue weighted by Crippen LogP contribution is -2.19. The lowest BCUT2D eigenvalue weighted by molar-refractivity contribution is 0.0696. The summed E-state index contributed by atoms with van der Waals surface area (Å²) in [5.74, 6) is -3.16. The molecule has 2 aromatic rings. The van der Waals surface area contributed by atoms with E-state index in [4.69, 9.17) is 5.11 Å². The van der Waals surface area contributed by atoms with Gasteiger partial charge in [-0.2, -0.15) is 0 Å². The average Bonchev–Trinajstić information content (AvgIpc) is 2.86. The molecule has 6 heteroatoms. The molecule has 0 radical (unpaired) electrons. The van der Waals surface area contributed by atoms with Gasteiger partial charge in [0.15, 0.2) is 0 Å². The molecule has 106 valence electrons. The number of carboxylic acids is 1. The van der Waals surface area contributed by atoms with Crippen molar-refractivity contribution < 1.29 is 18.7 Å². The minimum Gasteiger partial charge on any atom is -0.478 e. The van der Waals surface area contributed by atoms with E-state index in [9.17, 15) is 13.6 Å². The third kappa shape index (κ3) is 3.33. The predicted octanol–water partition coefficient (Wildman–Crippen LogP) is 3.77. The van der Waals surface area contributed by atoms with Gasteiger partial charge in [-0.1, -0.05) is 6.07 Å². The predicted molar refractivity (Wildman–Crippen MR) is 74.4 cm³/mol. The van der Waals surface area contributed by atoms with Crippen molar-refractivity contribution >= 4 is 23.0 Å². The van der Waals surface area contributed by atoms with Gasteiger partial charge in [-0.05, 0) is 30.5 Å². The number of benzene rings is 1. The first-order chi connectivity index (χ1) is 9.47. The van der Waals surface area contributed by atoms with E-state index in [-0.39, 0.29) is 11.7 Å². The van der Waals surface area contributed by atoms with E-state index in [1.54, 1.807) is 11.3 Å². The number of carboxylic acid groups (broad SMARTS) is 1. The maximum absolute atomic E-state index is 13.7. The van der Waals surface area contributed by atoms with Crippen LogP contribution in [0.4, 0.5) is 14.5 Å². The highest BCUT2D eigenvalue weighted by molar-refractivity contribution is 7.09. The molecule has 0 saturated carbocycles. The molecule has 1 unspecified atom stereocenters. The van der Waals surface area contributed by atoms with E-state index in [2.05, 4.69) is 5.32 Å². The topological polar surface area (TPSA) is 49.3 Å². The van der Waals surface area contributed by atoms with Gasteiger partial charge < -0.3 is 10.4 Å². The number of carbonyl (C=O) groups is 1. The summed E-state index contributed by atoms with van der Waals surface area (Å²) in [7, 11) is 0. The van der Waals surface area contributed by atoms with Crippen molar-refractivity contribution in [3.63, 3.8) is 0 Å². The van der Waals surface area contributed by atoms with Gasteiger partial charge >= 0.3 is 5.97 Å². The molecule has 0 amide bonds. The van der Waals surface area contributed by atoms with Crippen LogP contribution in [0.3, 0.4) is 0 Å². The molecule has 1 aromatic carbocycles. The third-order valence-electron chi connectivity index (χ3n) is 2.77. The normalized spacial score (nSPS) is 12.2. The molecule has 20 heavy (non-hydrogen) atoms. The van der Waals surface area contributed by atoms with Gasteiger partial charge in [-0.25, -0.2) is 13.6 Å². The standard InChI is InChI=1S/C14H13F2NO2S/c1-8(5-10-3-2-4-20-10)17-13-11(15)6-9(14(18)19)7-12(13)16/h2-4,6-8,17H,5H2,1H3,(H,18,19). The van der Waals surface area contributed by atoms with E-state index < -0.39 is 23.2 Å². The first-order valence-electron chi connectivity index (χ1n) is 5.98. The molecule has 2 N–H and O–H groups in total. The summed E-state index contributed by atoms with van der Waals surface area (Å²) >= 11 is 1.57. The Balaban J connectivity index is 2.14. The monoisotopic (exact) mass is 297 g/mol. The molecular formula is C14H13F2NO2S. The Kier molecular flexibility index (Phi) is 4.34. The summed E-state index contributed by atoms with van der Waals surface area (Å²) in [5, 5.41) is 13.4. The summed E-state index contributed by atoms with van der Waals surface area (Å²) in [5.41, 5.74) is -0.699. The molecule has 0 spiro atoms. The van der Waals surface area contributed by atoms with Crippen LogP contribution in [0.15, 0.2) is 29.6 Å². The zero-order valence-corrected chi connectivity index (χ0v) is 11.5. The van der Waals surface area contributed by atoms with Gasteiger partial charge in [0.25, 0.3) is 0 Å². The Morgan fingerprint density at radius 1 is 1.40 bits per heavy atom. The van der Waals surface area contributed by atoms with E-state index in [0.717, 1.165) is 17.0 Å². The average molecular weight is 297 g/mol. The second-order valence-electron chi connectivity index (χ2n) is 4.45. The molecule has 0 aliphatic rings. The van der Waals surface area contributed by atoms with Crippen molar-refractivity contribution in [3.05, 3.63) is 51.7 Å². The van der Waals surface area contributed by atoms with E-state index in [1.807, 2.05) is 24.4 Å². The second-order valence-corrected chi connectivity index (χ2v) is 5.48. The van der Waals surface area contributed by atoms with Crippen molar-refractivity contribution in [1.29, 1.82) is 0 Å². The quantitative estimate of drug-likeness (QED) is 0.883. The van der Waals surface area contributed by atoms with Crippen LogP contribution < -0.4 is 5.32 Å². The van der Waals surface area contributed by atoms with Gasteiger partial charge in [0.05, 0.1) is 5.56 Å². The number of halogens is 2. The van der Waals surface area contributed by atoms with Crippen molar-refractivity contribution in [1.82, 2.24) is 0 Å². The third-order valence-corrected chi connectivity index (χ3v) is 3.67. The molecule has 2 rings (SSSR count). The Morgan fingerprint density at radius 2 is 2.05 bits per heavy atom. The summed E-state index contributed by atoms with van der Waals surface area (Å²) in [6.45, 7) is 1.81. The van der Waals surface area contributed by atoms with E-state index >= 15 is 0 Å². The van der Waals surface area contributed by atoms with Gasteiger partial charge in [-0.15, -0.1) is 11.3 Å². The molecule has 0 fully saturated rings. The molecule has 1 atom stereocenters. The number of aromatic carboxylic acids is 1. The number of nitrogens with one attached hydrogen (secondary N) is 1. The fourth-order valence-electron chi connectivity index (χ4n) is 1.86. The van der Waals surface area contributed by atoms with Gasteiger partial charge in [0.1, 0.15) is 17.3 Å². The van der Waals surface area contributed by atoms with Crippen LogP contribution in [0.1, 0.15) is 22.2 Å². The SMILES string of the molecule is CC(Cc1cccs1)Nc1c(F)cc(C(=O)O)cc1F. The fourth-order valence-corrected chi connectivity index (χ4v) is 2.70. The molecule has 1 aromatic heterocycles. The highest BCUT2D eigenvalue weighted by Crippen LogP contribution is 2.23. The van der Waals surface area contributed by atoms with E-state index in [1.165, 1.54) is 0 Å². The van der Waals surface area contributed by atoms with Crippen molar-refractivity contribution in [2.75, 3.05) is 5.32 Å². The van der Waals surface area contributed by atoms with Crippen LogP contribution in [-0.2, 0) is 6.42 Å². The Morgan fingerprint density at radius 3 is 2.55 bits per heavy atom. The van der Waals surface area contributed by atoms with Crippen molar-refractivity contribution in [2.45, 2.75) is 19.4 Å². The first kappa shape index (κ1) is 14.5.